The third-order valence-corrected chi connectivity index (χ3v) is 4.93. The predicted molar refractivity (Wildman–Crippen MR) is 78.4 cm³/mol. The molecule has 1 aliphatic heterocycles. The summed E-state index contributed by atoms with van der Waals surface area (Å²) in [6.45, 7) is 2.95. The number of benzene rings is 1. The van der Waals surface area contributed by atoms with Crippen molar-refractivity contribution in [1.82, 2.24) is 0 Å². The van der Waals surface area contributed by atoms with Gasteiger partial charge < -0.3 is 9.47 Å². The van der Waals surface area contributed by atoms with Crippen molar-refractivity contribution >= 4 is 27.3 Å². The summed E-state index contributed by atoms with van der Waals surface area (Å²) in [7, 11) is -3.37. The molecule has 2 rings (SSSR count). The first-order valence-corrected chi connectivity index (χ1v) is 8.58. The van der Waals surface area contributed by atoms with Crippen LogP contribution in [0.5, 0.6) is 0 Å². The number of ether oxygens (including phenoxy) is 2. The molecule has 0 amide bonds. The van der Waals surface area contributed by atoms with Gasteiger partial charge in [-0.25, -0.2) is 8.42 Å². The summed E-state index contributed by atoms with van der Waals surface area (Å²) in [6, 6.07) is 6.98. The number of rotatable bonds is 6. The van der Waals surface area contributed by atoms with E-state index in [2.05, 4.69) is 4.72 Å². The van der Waals surface area contributed by atoms with Crippen molar-refractivity contribution in [3.05, 3.63) is 29.8 Å². The molecule has 1 saturated heterocycles. The Kier molecular flexibility index (Phi) is 5.26. The average Bonchev–Trinajstić information content (AvgIpc) is 2.92. The largest absolute Gasteiger partial charge is 0.346 e. The predicted octanol–water partition coefficient (Wildman–Crippen LogP) is 2.35. The second-order valence-electron chi connectivity index (χ2n) is 4.84. The van der Waals surface area contributed by atoms with E-state index in [0.29, 0.717) is 24.8 Å². The first-order chi connectivity index (χ1) is 9.50. The minimum atomic E-state index is -3.37. The number of sulfonamides is 1. The maximum atomic E-state index is 11.9. The fourth-order valence-corrected chi connectivity index (χ4v) is 3.58. The summed E-state index contributed by atoms with van der Waals surface area (Å²) in [6.07, 6.45) is -0.350. The fourth-order valence-electron chi connectivity index (χ4n) is 1.90. The molecule has 0 aromatic heterocycles. The van der Waals surface area contributed by atoms with Crippen LogP contribution in [0.4, 0.5) is 5.69 Å². The van der Waals surface area contributed by atoms with Crippen LogP contribution in [0.2, 0.25) is 0 Å². The molecule has 0 saturated carbocycles. The highest BCUT2D eigenvalue weighted by Crippen LogP contribution is 2.24. The van der Waals surface area contributed by atoms with E-state index in [9.17, 15) is 8.42 Å². The van der Waals surface area contributed by atoms with E-state index < -0.39 is 10.0 Å². The van der Waals surface area contributed by atoms with Crippen molar-refractivity contribution < 1.29 is 17.9 Å². The lowest BCUT2D eigenvalue weighted by Crippen LogP contribution is -2.22. The highest BCUT2D eigenvalue weighted by Gasteiger charge is 2.19. The zero-order valence-corrected chi connectivity index (χ0v) is 12.8. The van der Waals surface area contributed by atoms with Gasteiger partial charge in [0.15, 0.2) is 6.29 Å². The second kappa shape index (κ2) is 6.76. The van der Waals surface area contributed by atoms with Gasteiger partial charge in [0, 0.05) is 17.1 Å². The van der Waals surface area contributed by atoms with Crippen LogP contribution in [0, 0.1) is 5.92 Å². The maximum Gasteiger partial charge on any atom is 0.233 e. The van der Waals surface area contributed by atoms with Gasteiger partial charge in [0.1, 0.15) is 0 Å². The number of anilines is 1. The Morgan fingerprint density at radius 3 is 2.45 bits per heavy atom. The normalized spacial score (nSPS) is 18.1. The van der Waals surface area contributed by atoms with Crippen molar-refractivity contribution in [1.29, 1.82) is 0 Å². The van der Waals surface area contributed by atoms with E-state index in [0.717, 1.165) is 5.56 Å². The standard InChI is InChI=1S/C13H18ClNO4S/c1-10(8-14)9-20(16,17)15-12-4-2-11(3-5-12)13-18-6-7-19-13/h2-5,10,13,15H,6-9H2,1H3. The second-order valence-corrected chi connectivity index (χ2v) is 6.91. The van der Waals surface area contributed by atoms with Crippen LogP contribution in [-0.2, 0) is 19.5 Å². The van der Waals surface area contributed by atoms with Gasteiger partial charge in [0.25, 0.3) is 0 Å². The Bertz CT molecular complexity index is 526. The van der Waals surface area contributed by atoms with Gasteiger partial charge in [-0.05, 0) is 18.1 Å². The first-order valence-electron chi connectivity index (χ1n) is 6.40. The topological polar surface area (TPSA) is 64.6 Å². The quantitative estimate of drug-likeness (QED) is 0.817. The molecule has 0 spiro atoms. The minimum Gasteiger partial charge on any atom is -0.346 e. The van der Waals surface area contributed by atoms with Crippen LogP contribution in [-0.4, -0.2) is 33.3 Å². The molecule has 1 fully saturated rings. The molecule has 5 nitrogen and oxygen atoms in total. The van der Waals surface area contributed by atoms with Crippen molar-refractivity contribution in [2.24, 2.45) is 5.92 Å². The van der Waals surface area contributed by atoms with Crippen molar-refractivity contribution in [2.45, 2.75) is 13.2 Å². The Balaban J connectivity index is 1.99. The molecular weight excluding hydrogens is 302 g/mol. The van der Waals surface area contributed by atoms with Crippen LogP contribution in [0.15, 0.2) is 24.3 Å². The average molecular weight is 320 g/mol. The molecule has 1 aromatic carbocycles. The van der Waals surface area contributed by atoms with Crippen LogP contribution < -0.4 is 4.72 Å². The van der Waals surface area contributed by atoms with Crippen molar-refractivity contribution in [2.75, 3.05) is 29.6 Å². The van der Waals surface area contributed by atoms with E-state index in [1.165, 1.54) is 0 Å². The van der Waals surface area contributed by atoms with Gasteiger partial charge in [0.05, 0.1) is 19.0 Å². The number of alkyl halides is 1. The van der Waals surface area contributed by atoms with Gasteiger partial charge in [-0.1, -0.05) is 19.1 Å². The van der Waals surface area contributed by atoms with Gasteiger partial charge in [-0.15, -0.1) is 11.6 Å². The van der Waals surface area contributed by atoms with E-state index in [1.54, 1.807) is 31.2 Å². The summed E-state index contributed by atoms with van der Waals surface area (Å²) >= 11 is 5.63. The molecule has 1 aliphatic rings. The highest BCUT2D eigenvalue weighted by atomic mass is 35.5. The molecular formula is C13H18ClNO4S. The number of nitrogens with one attached hydrogen (secondary N) is 1. The maximum absolute atomic E-state index is 11.9. The summed E-state index contributed by atoms with van der Waals surface area (Å²) < 4.78 is 37.1. The first kappa shape index (κ1) is 15.6. The Morgan fingerprint density at radius 1 is 1.30 bits per heavy atom. The van der Waals surface area contributed by atoms with Gasteiger partial charge in [-0.3, -0.25) is 4.72 Å². The Labute approximate surface area is 124 Å². The Hall–Kier alpha value is -0.820. The molecule has 0 aliphatic carbocycles. The summed E-state index contributed by atoms with van der Waals surface area (Å²) in [4.78, 5) is 0. The molecule has 1 N–H and O–H groups in total. The Morgan fingerprint density at radius 2 is 1.90 bits per heavy atom. The SMILES string of the molecule is CC(CCl)CS(=O)(=O)Nc1ccc(C2OCCO2)cc1. The lowest BCUT2D eigenvalue weighted by Gasteiger charge is -2.13. The summed E-state index contributed by atoms with van der Waals surface area (Å²) in [5.41, 5.74) is 1.40. The molecule has 20 heavy (non-hydrogen) atoms. The number of hydrogen-bond acceptors (Lipinski definition) is 4. The van der Waals surface area contributed by atoms with Crippen molar-refractivity contribution in [3.8, 4) is 0 Å². The lowest BCUT2D eigenvalue weighted by molar-refractivity contribution is -0.0441. The van der Waals surface area contributed by atoms with Crippen LogP contribution in [0.1, 0.15) is 18.8 Å². The lowest BCUT2D eigenvalue weighted by atomic mass is 10.2. The number of hydrogen-bond donors (Lipinski definition) is 1. The molecule has 0 radical (unpaired) electrons. The molecule has 0 bridgehead atoms. The van der Waals surface area contributed by atoms with Crippen LogP contribution >= 0.6 is 11.6 Å². The van der Waals surface area contributed by atoms with Gasteiger partial charge in [-0.2, -0.15) is 0 Å². The van der Waals surface area contributed by atoms with Crippen LogP contribution in [0.3, 0.4) is 0 Å². The number of halogens is 1. The molecule has 1 aromatic rings. The van der Waals surface area contributed by atoms with E-state index in [-0.39, 0.29) is 18.0 Å². The summed E-state index contributed by atoms with van der Waals surface area (Å²) in [5.74, 6) is 0.234. The third-order valence-electron chi connectivity index (χ3n) is 2.85. The van der Waals surface area contributed by atoms with Gasteiger partial charge >= 0.3 is 0 Å². The fraction of sp³-hybridized carbons (Fsp3) is 0.538. The molecule has 1 atom stereocenters. The highest BCUT2D eigenvalue weighted by molar-refractivity contribution is 7.92. The third kappa shape index (κ3) is 4.34. The van der Waals surface area contributed by atoms with Crippen molar-refractivity contribution in [3.63, 3.8) is 0 Å². The van der Waals surface area contributed by atoms with E-state index >= 15 is 0 Å². The van der Waals surface area contributed by atoms with Gasteiger partial charge in [0.2, 0.25) is 10.0 Å². The monoisotopic (exact) mass is 319 g/mol. The van der Waals surface area contributed by atoms with E-state index in [4.69, 9.17) is 21.1 Å². The zero-order valence-electron chi connectivity index (χ0n) is 11.2. The molecule has 112 valence electrons. The molecule has 1 heterocycles. The minimum absolute atomic E-state index is 0.00704. The molecule has 1 unspecified atom stereocenters. The summed E-state index contributed by atoms with van der Waals surface area (Å²) in [5, 5.41) is 0. The smallest absolute Gasteiger partial charge is 0.233 e. The van der Waals surface area contributed by atoms with Crippen LogP contribution in [0.25, 0.3) is 0 Å². The van der Waals surface area contributed by atoms with E-state index in [1.807, 2.05) is 0 Å². The zero-order chi connectivity index (χ0) is 14.6. The molecule has 7 heteroatoms.